The summed E-state index contributed by atoms with van der Waals surface area (Å²) in [6, 6.07) is 7.45. The number of carbonyl (C=O) groups excluding carboxylic acids is 3. The summed E-state index contributed by atoms with van der Waals surface area (Å²) in [6.07, 6.45) is 6.32. The molecular formula is C26H22Br2FN3O5. The van der Waals surface area contributed by atoms with E-state index in [4.69, 9.17) is 9.47 Å². The Bertz CT molecular complexity index is 1320. The normalized spacial score (nSPS) is 23.7. The molecule has 37 heavy (non-hydrogen) atoms. The Hall–Kier alpha value is -3.05. The number of para-hydroxylation sites is 1. The van der Waals surface area contributed by atoms with Gasteiger partial charge in [0.1, 0.15) is 5.82 Å². The van der Waals surface area contributed by atoms with Crippen molar-refractivity contribution in [2.24, 2.45) is 28.8 Å². The Kier molecular flexibility index (Phi) is 7.17. The number of rotatable bonds is 8. The number of benzene rings is 2. The van der Waals surface area contributed by atoms with Gasteiger partial charge in [0.25, 0.3) is 17.7 Å². The Morgan fingerprint density at radius 3 is 2.46 bits per heavy atom. The maximum Gasteiger partial charge on any atom is 0.262 e. The monoisotopic (exact) mass is 633 g/mol. The second-order valence-electron chi connectivity index (χ2n) is 8.90. The zero-order valence-electron chi connectivity index (χ0n) is 19.6. The van der Waals surface area contributed by atoms with Gasteiger partial charge in [-0.3, -0.25) is 14.4 Å². The number of carbonyl (C=O) groups is 3. The van der Waals surface area contributed by atoms with Crippen molar-refractivity contribution in [2.45, 2.75) is 13.3 Å². The second kappa shape index (κ2) is 10.4. The molecule has 0 radical (unpaired) electrons. The molecule has 2 fully saturated rings. The maximum absolute atomic E-state index is 13.8. The van der Waals surface area contributed by atoms with Gasteiger partial charge < -0.3 is 14.8 Å². The smallest absolute Gasteiger partial charge is 0.262 e. The highest BCUT2D eigenvalue weighted by Gasteiger charge is 2.59. The summed E-state index contributed by atoms with van der Waals surface area (Å²) < 4.78 is 26.2. The Labute approximate surface area is 229 Å². The number of fused-ring (bicyclic) bond motifs is 5. The highest BCUT2D eigenvalue weighted by Crippen LogP contribution is 2.52. The van der Waals surface area contributed by atoms with Crippen molar-refractivity contribution in [3.63, 3.8) is 0 Å². The summed E-state index contributed by atoms with van der Waals surface area (Å²) >= 11 is 6.94. The Balaban J connectivity index is 1.33. The molecule has 0 spiro atoms. The van der Waals surface area contributed by atoms with Crippen molar-refractivity contribution in [1.29, 1.82) is 0 Å². The lowest BCUT2D eigenvalue weighted by Gasteiger charge is -2.17. The van der Waals surface area contributed by atoms with Gasteiger partial charge in [0, 0.05) is 10.0 Å². The number of amides is 3. The van der Waals surface area contributed by atoms with Crippen LogP contribution in [-0.4, -0.2) is 42.2 Å². The molecule has 11 heteroatoms. The fourth-order valence-electron chi connectivity index (χ4n) is 5.10. The lowest BCUT2D eigenvalue weighted by atomic mass is 9.85. The molecule has 4 atom stereocenters. The van der Waals surface area contributed by atoms with E-state index in [0.717, 1.165) is 11.4 Å². The summed E-state index contributed by atoms with van der Waals surface area (Å²) in [7, 11) is 0. The second-order valence-corrected chi connectivity index (χ2v) is 10.5. The van der Waals surface area contributed by atoms with E-state index >= 15 is 0 Å². The van der Waals surface area contributed by atoms with Gasteiger partial charge >= 0.3 is 0 Å². The lowest BCUT2D eigenvalue weighted by Crippen LogP contribution is -2.28. The van der Waals surface area contributed by atoms with Gasteiger partial charge in [-0.1, -0.05) is 24.3 Å². The van der Waals surface area contributed by atoms with Crippen LogP contribution in [-0.2, 0) is 14.4 Å². The summed E-state index contributed by atoms with van der Waals surface area (Å²) in [6.45, 7) is 1.70. The SMILES string of the molecule is CCOc1cc(C=NN2C(=O)[C@@H]3[C@H](C2=O)[C@H]2C=C[C@H]3C2)c(Br)c(Br)c1OCC(=O)Nc1ccccc1F. The summed E-state index contributed by atoms with van der Waals surface area (Å²) in [4.78, 5) is 38.2. The lowest BCUT2D eigenvalue weighted by molar-refractivity contribution is -0.140. The van der Waals surface area contributed by atoms with Crippen LogP contribution in [0.5, 0.6) is 11.5 Å². The van der Waals surface area contributed by atoms with Gasteiger partial charge in [0.2, 0.25) is 0 Å². The minimum absolute atomic E-state index is 0.0480. The van der Waals surface area contributed by atoms with Crippen LogP contribution in [0.2, 0.25) is 0 Å². The first-order valence-corrected chi connectivity index (χ1v) is 13.3. The van der Waals surface area contributed by atoms with Gasteiger partial charge in [-0.05, 0) is 75.2 Å². The van der Waals surface area contributed by atoms with E-state index in [1.54, 1.807) is 19.1 Å². The van der Waals surface area contributed by atoms with Crippen LogP contribution in [0.15, 0.2) is 56.5 Å². The predicted molar refractivity (Wildman–Crippen MR) is 141 cm³/mol. The van der Waals surface area contributed by atoms with Crippen LogP contribution >= 0.6 is 31.9 Å². The molecule has 3 aliphatic rings. The van der Waals surface area contributed by atoms with Crippen LogP contribution in [0.3, 0.4) is 0 Å². The van der Waals surface area contributed by atoms with E-state index < -0.39 is 18.3 Å². The van der Waals surface area contributed by atoms with E-state index in [1.165, 1.54) is 24.4 Å². The predicted octanol–water partition coefficient (Wildman–Crippen LogP) is 4.91. The molecule has 2 aliphatic carbocycles. The minimum atomic E-state index is -0.555. The quantitative estimate of drug-likeness (QED) is 0.253. The number of hydrogen-bond acceptors (Lipinski definition) is 6. The molecule has 1 saturated carbocycles. The topological polar surface area (TPSA) is 97.3 Å². The third-order valence-corrected chi connectivity index (χ3v) is 8.85. The molecule has 2 bridgehead atoms. The van der Waals surface area contributed by atoms with Gasteiger partial charge in [-0.15, -0.1) is 0 Å². The maximum atomic E-state index is 13.8. The number of hydrogen-bond donors (Lipinski definition) is 1. The third kappa shape index (κ3) is 4.70. The van der Waals surface area contributed by atoms with Crippen LogP contribution in [0, 0.1) is 29.5 Å². The number of imide groups is 1. The van der Waals surface area contributed by atoms with Crippen LogP contribution in [0.4, 0.5) is 10.1 Å². The van der Waals surface area contributed by atoms with E-state index in [1.807, 2.05) is 12.2 Å². The zero-order chi connectivity index (χ0) is 26.3. The number of allylic oxidation sites excluding steroid dienone is 2. The van der Waals surface area contributed by atoms with Crippen molar-refractivity contribution >= 4 is 61.5 Å². The highest BCUT2D eigenvalue weighted by molar-refractivity contribution is 9.13. The Morgan fingerprint density at radius 2 is 1.81 bits per heavy atom. The molecule has 0 aromatic heterocycles. The van der Waals surface area contributed by atoms with Gasteiger partial charge in [-0.2, -0.15) is 10.1 Å². The number of nitrogens with zero attached hydrogens (tertiary/aromatic N) is 2. The minimum Gasteiger partial charge on any atom is -0.490 e. The molecule has 2 aromatic carbocycles. The molecule has 192 valence electrons. The first-order valence-electron chi connectivity index (χ1n) is 11.7. The molecule has 1 aliphatic heterocycles. The van der Waals surface area contributed by atoms with Crippen molar-refractivity contribution in [3.05, 3.63) is 62.8 Å². The average molecular weight is 635 g/mol. The number of nitrogens with one attached hydrogen (secondary N) is 1. The van der Waals surface area contributed by atoms with Crippen molar-refractivity contribution < 1.29 is 28.2 Å². The molecule has 3 amide bonds. The van der Waals surface area contributed by atoms with E-state index in [0.29, 0.717) is 26.9 Å². The molecule has 8 nitrogen and oxygen atoms in total. The fraction of sp³-hybridized carbons (Fsp3) is 0.308. The third-order valence-electron chi connectivity index (χ3n) is 6.71. The molecule has 1 heterocycles. The van der Waals surface area contributed by atoms with Crippen LogP contribution in [0.25, 0.3) is 0 Å². The number of anilines is 1. The van der Waals surface area contributed by atoms with Gasteiger partial charge in [-0.25, -0.2) is 4.39 Å². The molecule has 0 unspecified atom stereocenters. The van der Waals surface area contributed by atoms with E-state index in [9.17, 15) is 18.8 Å². The largest absolute Gasteiger partial charge is 0.490 e. The van der Waals surface area contributed by atoms with E-state index in [-0.39, 0.29) is 46.9 Å². The van der Waals surface area contributed by atoms with Crippen molar-refractivity contribution in [2.75, 3.05) is 18.5 Å². The molecule has 1 N–H and O–H groups in total. The van der Waals surface area contributed by atoms with Gasteiger partial charge in [0.05, 0.1) is 34.8 Å². The molecule has 1 saturated heterocycles. The van der Waals surface area contributed by atoms with Crippen LogP contribution < -0.4 is 14.8 Å². The van der Waals surface area contributed by atoms with E-state index in [2.05, 4.69) is 42.3 Å². The summed E-state index contributed by atoms with van der Waals surface area (Å²) in [5.41, 5.74) is 0.573. The Morgan fingerprint density at radius 1 is 1.14 bits per heavy atom. The molecule has 2 aromatic rings. The molecular weight excluding hydrogens is 613 g/mol. The van der Waals surface area contributed by atoms with Crippen LogP contribution in [0.1, 0.15) is 18.9 Å². The average Bonchev–Trinajstić information content (AvgIpc) is 3.56. The number of hydrazone groups is 1. The first kappa shape index (κ1) is 25.6. The highest BCUT2D eigenvalue weighted by atomic mass is 79.9. The van der Waals surface area contributed by atoms with Crippen molar-refractivity contribution in [3.8, 4) is 11.5 Å². The standard InChI is InChI=1S/C26H22Br2FN3O5/c1-2-36-18-10-15(11-30-32-25(34)20-13-7-8-14(9-13)21(20)26(32)35)22(27)23(28)24(18)37-12-19(33)31-17-6-4-3-5-16(17)29/h3-8,10-11,13-14,20-21H,2,9,12H2,1H3,(H,31,33)/t13-,14-,20-,21+/m0/s1. The zero-order valence-corrected chi connectivity index (χ0v) is 22.8. The summed E-state index contributed by atoms with van der Waals surface area (Å²) in [5.74, 6) is -1.56. The number of halogens is 3. The van der Waals surface area contributed by atoms with Crippen molar-refractivity contribution in [1.82, 2.24) is 5.01 Å². The number of ether oxygens (including phenoxy) is 2. The molecule has 5 rings (SSSR count). The summed E-state index contributed by atoms with van der Waals surface area (Å²) in [5, 5.41) is 7.67. The first-order chi connectivity index (χ1) is 17.8. The fourth-order valence-corrected chi connectivity index (χ4v) is 6.04. The van der Waals surface area contributed by atoms with Gasteiger partial charge in [0.15, 0.2) is 18.1 Å².